The van der Waals surface area contributed by atoms with Crippen LogP contribution in [-0.2, 0) is 16.1 Å². The number of aromatic nitrogens is 1. The van der Waals surface area contributed by atoms with Crippen LogP contribution >= 0.6 is 0 Å². The Hall–Kier alpha value is -2.38. The first-order chi connectivity index (χ1) is 12.6. The Balaban J connectivity index is 1.47. The molecule has 5 rings (SSSR count). The maximum Gasteiger partial charge on any atom is 0.252 e. The second-order valence-electron chi connectivity index (χ2n) is 7.26. The van der Waals surface area contributed by atoms with Crippen LogP contribution in [0.5, 0.6) is 5.75 Å². The molecule has 1 spiro atoms. The molecule has 3 aliphatic rings. The van der Waals surface area contributed by atoms with Crippen LogP contribution in [0.3, 0.4) is 0 Å². The van der Waals surface area contributed by atoms with E-state index < -0.39 is 5.72 Å². The summed E-state index contributed by atoms with van der Waals surface area (Å²) in [4.78, 5) is 31.9. The largest absolute Gasteiger partial charge is 0.497 e. The van der Waals surface area contributed by atoms with Crippen LogP contribution in [0.4, 0.5) is 0 Å². The van der Waals surface area contributed by atoms with Crippen molar-refractivity contribution >= 4 is 16.8 Å². The fourth-order valence-corrected chi connectivity index (χ4v) is 4.76. The molecule has 26 heavy (non-hydrogen) atoms. The molecule has 1 amide bonds. The monoisotopic (exact) mass is 355 g/mol. The number of fused-ring (bicyclic) bond motifs is 1. The van der Waals surface area contributed by atoms with Crippen LogP contribution in [0.2, 0.25) is 0 Å². The van der Waals surface area contributed by atoms with Crippen LogP contribution in [0.1, 0.15) is 18.4 Å². The number of carbonyl (C=O) groups is 1. The summed E-state index contributed by atoms with van der Waals surface area (Å²) in [6.07, 6.45) is 1.28. The molecule has 1 N–H and O–H groups in total. The molecule has 3 aliphatic heterocycles. The lowest BCUT2D eigenvalue weighted by Gasteiger charge is -2.31. The van der Waals surface area contributed by atoms with Gasteiger partial charge in [0.1, 0.15) is 5.75 Å². The van der Waals surface area contributed by atoms with Gasteiger partial charge in [-0.25, -0.2) is 0 Å². The Bertz CT molecular complexity index is 955. The lowest BCUT2D eigenvalue weighted by atomic mass is 10.1. The van der Waals surface area contributed by atoms with E-state index in [1.165, 1.54) is 0 Å². The topological polar surface area (TPSA) is 74.9 Å². The van der Waals surface area contributed by atoms with Gasteiger partial charge in [-0.15, -0.1) is 0 Å². The van der Waals surface area contributed by atoms with Crippen molar-refractivity contribution in [3.8, 4) is 5.75 Å². The van der Waals surface area contributed by atoms with Gasteiger partial charge < -0.3 is 19.4 Å². The highest BCUT2D eigenvalue weighted by Gasteiger charge is 2.61. The van der Waals surface area contributed by atoms with E-state index in [1.807, 2.05) is 29.2 Å². The first kappa shape index (κ1) is 15.8. The predicted molar refractivity (Wildman–Crippen MR) is 94.9 cm³/mol. The maximum absolute atomic E-state index is 12.5. The van der Waals surface area contributed by atoms with E-state index in [0.29, 0.717) is 31.7 Å². The number of H-pyrrole nitrogens is 1. The zero-order chi connectivity index (χ0) is 17.9. The van der Waals surface area contributed by atoms with Gasteiger partial charge in [0.2, 0.25) is 5.91 Å². The minimum Gasteiger partial charge on any atom is -0.497 e. The summed E-state index contributed by atoms with van der Waals surface area (Å²) < 4.78 is 11.3. The number of aromatic amines is 1. The number of methoxy groups -OCH3 is 1. The van der Waals surface area contributed by atoms with E-state index in [4.69, 9.17) is 9.47 Å². The van der Waals surface area contributed by atoms with Gasteiger partial charge in [-0.05, 0) is 24.3 Å². The lowest BCUT2D eigenvalue weighted by molar-refractivity contribution is -0.136. The average Bonchev–Trinajstić information content (AvgIpc) is 3.27. The lowest BCUT2D eigenvalue weighted by Crippen LogP contribution is -2.47. The maximum atomic E-state index is 12.5. The number of nitrogens with one attached hydrogen (secondary N) is 1. The normalized spacial score (nSPS) is 28.0. The predicted octanol–water partition coefficient (Wildman–Crippen LogP) is 1.07. The second kappa shape index (κ2) is 5.56. The van der Waals surface area contributed by atoms with Gasteiger partial charge in [0.25, 0.3) is 5.56 Å². The number of amides is 1. The first-order valence-corrected chi connectivity index (χ1v) is 8.99. The Morgan fingerprint density at radius 1 is 1.31 bits per heavy atom. The molecule has 0 radical (unpaired) electrons. The number of carbonyl (C=O) groups excluding carboxylic acids is 1. The SMILES string of the molecule is COc1ccc2[nH]c(=O)c(CN3CC[C@@]45OCCN4C(=O)C[C@@H]35)cc2c1. The quantitative estimate of drug-likeness (QED) is 0.891. The molecular weight excluding hydrogens is 334 g/mol. The molecule has 0 bridgehead atoms. The van der Waals surface area contributed by atoms with Crippen molar-refractivity contribution in [2.24, 2.45) is 0 Å². The highest BCUT2D eigenvalue weighted by atomic mass is 16.5. The summed E-state index contributed by atoms with van der Waals surface area (Å²) in [5.74, 6) is 0.918. The van der Waals surface area contributed by atoms with Crippen LogP contribution < -0.4 is 10.3 Å². The highest BCUT2D eigenvalue weighted by Crippen LogP contribution is 2.45. The average molecular weight is 355 g/mol. The second-order valence-corrected chi connectivity index (χ2v) is 7.26. The van der Waals surface area contributed by atoms with E-state index in [-0.39, 0.29) is 17.5 Å². The molecule has 136 valence electrons. The number of hydrogen-bond donors (Lipinski definition) is 1. The summed E-state index contributed by atoms with van der Waals surface area (Å²) in [5.41, 5.74) is 0.937. The van der Waals surface area contributed by atoms with E-state index in [2.05, 4.69) is 9.88 Å². The minimum atomic E-state index is -0.468. The molecule has 0 aliphatic carbocycles. The van der Waals surface area contributed by atoms with Gasteiger partial charge in [-0.2, -0.15) is 0 Å². The molecule has 2 aromatic rings. The van der Waals surface area contributed by atoms with Crippen LogP contribution in [0.15, 0.2) is 29.1 Å². The van der Waals surface area contributed by atoms with Gasteiger partial charge >= 0.3 is 0 Å². The molecule has 4 heterocycles. The van der Waals surface area contributed by atoms with Gasteiger partial charge in [-0.1, -0.05) is 0 Å². The Kier molecular flexibility index (Phi) is 3.39. The third-order valence-corrected chi connectivity index (χ3v) is 6.01. The Labute approximate surface area is 150 Å². The molecule has 3 saturated heterocycles. The molecular formula is C19H21N3O4. The smallest absolute Gasteiger partial charge is 0.252 e. The fourth-order valence-electron chi connectivity index (χ4n) is 4.76. The van der Waals surface area contributed by atoms with E-state index in [9.17, 15) is 9.59 Å². The number of pyridine rings is 1. The Morgan fingerprint density at radius 2 is 2.19 bits per heavy atom. The van der Waals surface area contributed by atoms with Gasteiger partial charge in [0, 0.05) is 48.9 Å². The standard InChI is InChI=1S/C19H21N3O4/c1-25-14-2-3-15-12(9-14)8-13(18(24)20-15)11-21-5-4-19-16(21)10-17(23)22(19)6-7-26-19/h2-3,8-9,16H,4-7,10-11H2,1H3,(H,20,24)/t16-,19+/m1/s1. The van der Waals surface area contributed by atoms with Crippen molar-refractivity contribution in [2.75, 3.05) is 26.8 Å². The van der Waals surface area contributed by atoms with E-state index in [0.717, 1.165) is 29.6 Å². The third-order valence-electron chi connectivity index (χ3n) is 6.01. The van der Waals surface area contributed by atoms with Crippen molar-refractivity contribution in [1.29, 1.82) is 0 Å². The van der Waals surface area contributed by atoms with Gasteiger partial charge in [0.05, 0.1) is 19.8 Å². The number of benzene rings is 1. The Morgan fingerprint density at radius 3 is 3.04 bits per heavy atom. The molecule has 0 saturated carbocycles. The zero-order valence-electron chi connectivity index (χ0n) is 14.7. The highest BCUT2D eigenvalue weighted by molar-refractivity contribution is 5.82. The molecule has 2 atom stereocenters. The molecule has 3 fully saturated rings. The number of nitrogens with zero attached hydrogens (tertiary/aromatic N) is 2. The van der Waals surface area contributed by atoms with Crippen molar-refractivity contribution in [3.05, 3.63) is 40.2 Å². The molecule has 7 nitrogen and oxygen atoms in total. The summed E-state index contributed by atoms with van der Waals surface area (Å²) in [6, 6.07) is 7.55. The summed E-state index contributed by atoms with van der Waals surface area (Å²) in [7, 11) is 1.63. The van der Waals surface area contributed by atoms with Gasteiger partial charge in [0.15, 0.2) is 5.72 Å². The molecule has 7 heteroatoms. The summed E-state index contributed by atoms with van der Waals surface area (Å²) in [5, 5.41) is 0.939. The van der Waals surface area contributed by atoms with Crippen LogP contribution in [-0.4, -0.2) is 59.3 Å². The van der Waals surface area contributed by atoms with Crippen molar-refractivity contribution in [3.63, 3.8) is 0 Å². The number of hydrogen-bond acceptors (Lipinski definition) is 5. The number of ether oxygens (including phenoxy) is 2. The number of likely N-dealkylation sites (tertiary alicyclic amines) is 1. The van der Waals surface area contributed by atoms with Crippen molar-refractivity contribution < 1.29 is 14.3 Å². The number of rotatable bonds is 3. The molecule has 1 aromatic carbocycles. The van der Waals surface area contributed by atoms with E-state index in [1.54, 1.807) is 7.11 Å². The summed E-state index contributed by atoms with van der Waals surface area (Å²) >= 11 is 0. The van der Waals surface area contributed by atoms with Crippen LogP contribution in [0, 0.1) is 0 Å². The molecule has 0 unspecified atom stereocenters. The van der Waals surface area contributed by atoms with Crippen molar-refractivity contribution in [2.45, 2.75) is 31.2 Å². The molecule has 1 aromatic heterocycles. The zero-order valence-corrected chi connectivity index (χ0v) is 14.7. The van der Waals surface area contributed by atoms with Crippen LogP contribution in [0.25, 0.3) is 10.9 Å². The van der Waals surface area contributed by atoms with Crippen molar-refractivity contribution in [1.82, 2.24) is 14.8 Å². The third kappa shape index (κ3) is 2.13. The summed E-state index contributed by atoms with van der Waals surface area (Å²) in [6.45, 7) is 2.62. The first-order valence-electron chi connectivity index (χ1n) is 8.99. The van der Waals surface area contributed by atoms with E-state index >= 15 is 0 Å². The van der Waals surface area contributed by atoms with Gasteiger partial charge in [-0.3, -0.25) is 14.5 Å². The minimum absolute atomic E-state index is 0.0258. The fraction of sp³-hybridized carbons (Fsp3) is 0.474.